The number of amides is 1. The molecule has 5 nitrogen and oxygen atoms in total. The summed E-state index contributed by atoms with van der Waals surface area (Å²) in [6.45, 7) is 0. The molecule has 0 aromatic heterocycles. The highest BCUT2D eigenvalue weighted by molar-refractivity contribution is 5.85. The second-order valence-electron chi connectivity index (χ2n) is 7.57. The summed E-state index contributed by atoms with van der Waals surface area (Å²) in [5.74, 6) is -0.481. The number of aliphatic carboxylic acids is 1. The van der Waals surface area contributed by atoms with Crippen LogP contribution in [0.15, 0.2) is 24.3 Å². The summed E-state index contributed by atoms with van der Waals surface area (Å²) < 4.78 is 0. The van der Waals surface area contributed by atoms with Gasteiger partial charge < -0.3 is 14.9 Å². The molecule has 1 N–H and O–H groups in total. The van der Waals surface area contributed by atoms with Gasteiger partial charge in [0.1, 0.15) is 6.04 Å². The lowest BCUT2D eigenvalue weighted by atomic mass is 9.84. The Morgan fingerprint density at radius 3 is 2.72 bits per heavy atom. The van der Waals surface area contributed by atoms with E-state index in [0.717, 1.165) is 36.9 Å². The van der Waals surface area contributed by atoms with Gasteiger partial charge in [0, 0.05) is 32.2 Å². The Kier molecular flexibility index (Phi) is 5.30. The molecule has 2 fully saturated rings. The standard InChI is InChI=1S/C20H28N2O3/c1-21(2)16-8-5-6-14(12-16)10-11-19(23)22-17-9-4-3-7-15(17)13-18(22)20(24)25/h5-6,8,12,15,17-18H,3-4,7,9-11,13H2,1-2H3,(H,24,25). The molecule has 1 aliphatic heterocycles. The third kappa shape index (κ3) is 3.80. The lowest BCUT2D eigenvalue weighted by molar-refractivity contribution is -0.149. The molecular weight excluding hydrogens is 316 g/mol. The molecule has 0 radical (unpaired) electrons. The number of aryl methyl sites for hydroxylation is 1. The summed E-state index contributed by atoms with van der Waals surface area (Å²) in [5.41, 5.74) is 2.23. The van der Waals surface area contributed by atoms with Crippen LogP contribution in [0.25, 0.3) is 0 Å². The minimum atomic E-state index is -0.850. The predicted molar refractivity (Wildman–Crippen MR) is 97.7 cm³/mol. The van der Waals surface area contributed by atoms with Gasteiger partial charge in [0.25, 0.3) is 0 Å². The van der Waals surface area contributed by atoms with E-state index in [1.807, 2.05) is 37.2 Å². The van der Waals surface area contributed by atoms with Crippen LogP contribution in [0.4, 0.5) is 5.69 Å². The number of hydrogen-bond acceptors (Lipinski definition) is 3. The maximum absolute atomic E-state index is 12.9. The fraction of sp³-hybridized carbons (Fsp3) is 0.600. The molecule has 136 valence electrons. The molecule has 25 heavy (non-hydrogen) atoms. The smallest absolute Gasteiger partial charge is 0.326 e. The number of nitrogens with zero attached hydrogens (tertiary/aromatic N) is 2. The lowest BCUT2D eigenvalue weighted by Crippen LogP contribution is -2.46. The summed E-state index contributed by atoms with van der Waals surface area (Å²) in [6, 6.07) is 7.67. The third-order valence-corrected chi connectivity index (χ3v) is 5.72. The van der Waals surface area contributed by atoms with Gasteiger partial charge >= 0.3 is 5.97 Å². The van der Waals surface area contributed by atoms with Crippen LogP contribution in [0.5, 0.6) is 0 Å². The van der Waals surface area contributed by atoms with Gasteiger partial charge in [0.05, 0.1) is 0 Å². The first kappa shape index (κ1) is 17.8. The Bertz CT molecular complexity index is 644. The van der Waals surface area contributed by atoms with Crippen LogP contribution in [0.1, 0.15) is 44.1 Å². The number of likely N-dealkylation sites (tertiary alicyclic amines) is 1. The topological polar surface area (TPSA) is 60.9 Å². The molecule has 3 rings (SSSR count). The zero-order valence-corrected chi connectivity index (χ0v) is 15.1. The fourth-order valence-electron chi connectivity index (χ4n) is 4.41. The van der Waals surface area contributed by atoms with E-state index in [2.05, 4.69) is 6.07 Å². The molecule has 3 unspecified atom stereocenters. The first-order valence-electron chi connectivity index (χ1n) is 9.27. The maximum Gasteiger partial charge on any atom is 0.326 e. The van der Waals surface area contributed by atoms with Crippen LogP contribution in [0.2, 0.25) is 0 Å². The quantitative estimate of drug-likeness (QED) is 0.892. The molecule has 2 aliphatic rings. The van der Waals surface area contributed by atoms with Crippen molar-refractivity contribution in [2.75, 3.05) is 19.0 Å². The van der Waals surface area contributed by atoms with Gasteiger partial charge in [-0.25, -0.2) is 4.79 Å². The lowest BCUT2D eigenvalue weighted by Gasteiger charge is -2.33. The minimum absolute atomic E-state index is 0.00273. The van der Waals surface area contributed by atoms with E-state index in [4.69, 9.17) is 0 Å². The van der Waals surface area contributed by atoms with Crippen molar-refractivity contribution in [2.45, 2.75) is 57.0 Å². The third-order valence-electron chi connectivity index (χ3n) is 5.72. The van der Waals surface area contributed by atoms with Crippen molar-refractivity contribution in [3.63, 3.8) is 0 Å². The summed E-state index contributed by atoms with van der Waals surface area (Å²) in [7, 11) is 3.99. The summed E-state index contributed by atoms with van der Waals surface area (Å²) >= 11 is 0. The number of anilines is 1. The second-order valence-corrected chi connectivity index (χ2v) is 7.57. The molecule has 1 aliphatic carbocycles. The molecule has 1 saturated carbocycles. The van der Waals surface area contributed by atoms with Crippen LogP contribution < -0.4 is 4.90 Å². The van der Waals surface area contributed by atoms with Gasteiger partial charge in [-0.3, -0.25) is 4.79 Å². The van der Waals surface area contributed by atoms with Crippen molar-refractivity contribution in [1.82, 2.24) is 4.90 Å². The SMILES string of the molecule is CN(C)c1cccc(CCC(=O)N2C(C(=O)O)CC3CCCCC32)c1. The normalized spacial score (nSPS) is 25.5. The van der Waals surface area contributed by atoms with E-state index in [1.54, 1.807) is 4.90 Å². The van der Waals surface area contributed by atoms with Gasteiger partial charge in [0.2, 0.25) is 5.91 Å². The molecule has 1 amide bonds. The van der Waals surface area contributed by atoms with Crippen LogP contribution in [-0.4, -0.2) is 48.1 Å². The molecule has 3 atom stereocenters. The number of carboxylic acid groups (broad SMARTS) is 1. The molecule has 0 spiro atoms. The van der Waals surface area contributed by atoms with Crippen molar-refractivity contribution in [2.24, 2.45) is 5.92 Å². The van der Waals surface area contributed by atoms with Crippen molar-refractivity contribution < 1.29 is 14.7 Å². The molecule has 0 bridgehead atoms. The summed E-state index contributed by atoms with van der Waals surface area (Å²) in [4.78, 5) is 28.3. The highest BCUT2D eigenvalue weighted by atomic mass is 16.4. The molecule has 1 heterocycles. The average molecular weight is 344 g/mol. The van der Waals surface area contributed by atoms with Crippen LogP contribution in [0.3, 0.4) is 0 Å². The molecular formula is C20H28N2O3. The van der Waals surface area contributed by atoms with E-state index in [0.29, 0.717) is 25.2 Å². The molecule has 1 aromatic carbocycles. The Labute approximate surface area is 149 Å². The Morgan fingerprint density at radius 1 is 1.24 bits per heavy atom. The first-order chi connectivity index (χ1) is 12.0. The summed E-state index contributed by atoms with van der Waals surface area (Å²) in [6.07, 6.45) is 5.93. The summed E-state index contributed by atoms with van der Waals surface area (Å²) in [5, 5.41) is 9.56. The highest BCUT2D eigenvalue weighted by Crippen LogP contribution is 2.40. The van der Waals surface area contributed by atoms with Gasteiger partial charge in [0.15, 0.2) is 0 Å². The number of rotatable bonds is 5. The van der Waals surface area contributed by atoms with Crippen LogP contribution in [-0.2, 0) is 16.0 Å². The van der Waals surface area contributed by atoms with E-state index >= 15 is 0 Å². The Morgan fingerprint density at radius 2 is 2.00 bits per heavy atom. The molecule has 1 saturated heterocycles. The van der Waals surface area contributed by atoms with E-state index < -0.39 is 12.0 Å². The largest absolute Gasteiger partial charge is 0.480 e. The van der Waals surface area contributed by atoms with E-state index in [1.165, 1.54) is 0 Å². The van der Waals surface area contributed by atoms with Crippen molar-refractivity contribution in [3.05, 3.63) is 29.8 Å². The molecule has 1 aromatic rings. The first-order valence-corrected chi connectivity index (χ1v) is 9.27. The number of carboxylic acids is 1. The molecule has 5 heteroatoms. The Balaban J connectivity index is 1.68. The van der Waals surface area contributed by atoms with Gasteiger partial charge in [-0.15, -0.1) is 0 Å². The highest BCUT2D eigenvalue weighted by Gasteiger charge is 2.47. The zero-order valence-electron chi connectivity index (χ0n) is 15.1. The van der Waals surface area contributed by atoms with E-state index in [9.17, 15) is 14.7 Å². The zero-order chi connectivity index (χ0) is 18.0. The maximum atomic E-state index is 12.9. The average Bonchev–Trinajstić information content (AvgIpc) is 3.00. The number of hydrogen-bond donors (Lipinski definition) is 1. The van der Waals surface area contributed by atoms with Crippen molar-refractivity contribution in [1.29, 1.82) is 0 Å². The van der Waals surface area contributed by atoms with Crippen LogP contribution in [0, 0.1) is 5.92 Å². The van der Waals surface area contributed by atoms with Crippen molar-refractivity contribution in [3.8, 4) is 0 Å². The van der Waals surface area contributed by atoms with Crippen molar-refractivity contribution >= 4 is 17.6 Å². The van der Waals surface area contributed by atoms with Gasteiger partial charge in [-0.2, -0.15) is 0 Å². The number of fused-ring (bicyclic) bond motifs is 1. The second kappa shape index (κ2) is 7.46. The van der Waals surface area contributed by atoms with Gasteiger partial charge in [-0.1, -0.05) is 25.0 Å². The Hall–Kier alpha value is -2.04. The number of carbonyl (C=O) groups excluding carboxylic acids is 1. The number of benzene rings is 1. The van der Waals surface area contributed by atoms with E-state index in [-0.39, 0.29) is 11.9 Å². The van der Waals surface area contributed by atoms with Crippen LogP contribution >= 0.6 is 0 Å². The predicted octanol–water partition coefficient (Wildman–Crippen LogP) is 2.93. The van der Waals surface area contributed by atoms with Gasteiger partial charge in [-0.05, 0) is 49.3 Å². The monoisotopic (exact) mass is 344 g/mol. The minimum Gasteiger partial charge on any atom is -0.480 e. The number of carbonyl (C=O) groups is 2. The fourth-order valence-corrected chi connectivity index (χ4v) is 4.41.